The minimum Gasteiger partial charge on any atom is -0.480 e. The van der Waals surface area contributed by atoms with E-state index in [-0.39, 0.29) is 31.3 Å². The molecule has 0 unspecified atom stereocenters. The Labute approximate surface area is 126 Å². The van der Waals surface area contributed by atoms with Crippen LogP contribution in [-0.4, -0.2) is 46.6 Å². The number of hydrogen-bond acceptors (Lipinski definition) is 4. The molecule has 2 aliphatic rings. The van der Waals surface area contributed by atoms with Gasteiger partial charge in [-0.25, -0.2) is 0 Å². The first kappa shape index (κ1) is 14.4. The van der Waals surface area contributed by atoms with Gasteiger partial charge in [0.1, 0.15) is 12.3 Å². The Morgan fingerprint density at radius 3 is 2.86 bits per heavy atom. The molecule has 1 saturated heterocycles. The van der Waals surface area contributed by atoms with Crippen molar-refractivity contribution >= 4 is 17.8 Å². The van der Waals surface area contributed by atoms with Crippen LogP contribution in [0.3, 0.4) is 0 Å². The van der Waals surface area contributed by atoms with E-state index in [0.717, 1.165) is 0 Å². The SMILES string of the molecule is O=C(O)CN1CC[C@@]2(CCC1=O)NC(=O)c1ccccc1O2. The number of fused-ring (bicyclic) bond motifs is 1. The number of para-hydroxylation sites is 1. The fraction of sp³-hybridized carbons (Fsp3) is 0.400. The summed E-state index contributed by atoms with van der Waals surface area (Å²) >= 11 is 0. The molecule has 1 atom stereocenters. The Hall–Kier alpha value is -2.57. The van der Waals surface area contributed by atoms with Crippen LogP contribution in [0, 0.1) is 0 Å². The normalized spacial score (nSPS) is 24.3. The molecular formula is C15H16N2O5. The molecule has 2 N–H and O–H groups in total. The van der Waals surface area contributed by atoms with E-state index in [4.69, 9.17) is 9.84 Å². The Kier molecular flexibility index (Phi) is 3.48. The molecule has 0 aliphatic carbocycles. The van der Waals surface area contributed by atoms with Gasteiger partial charge in [0.2, 0.25) is 5.91 Å². The molecule has 0 aromatic heterocycles. The fourth-order valence-corrected chi connectivity index (χ4v) is 2.84. The third-order valence-corrected chi connectivity index (χ3v) is 3.99. The molecule has 0 bridgehead atoms. The predicted octanol–water partition coefficient (Wildman–Crippen LogP) is 0.602. The zero-order valence-corrected chi connectivity index (χ0v) is 11.9. The summed E-state index contributed by atoms with van der Waals surface area (Å²) in [6.07, 6.45) is 0.809. The maximum Gasteiger partial charge on any atom is 0.323 e. The van der Waals surface area contributed by atoms with Gasteiger partial charge in [0.15, 0.2) is 5.72 Å². The van der Waals surface area contributed by atoms with Crippen molar-refractivity contribution in [3.05, 3.63) is 29.8 Å². The number of aliphatic carboxylic acids is 1. The highest BCUT2D eigenvalue weighted by atomic mass is 16.5. The number of carboxylic acid groups (broad SMARTS) is 1. The Morgan fingerprint density at radius 2 is 2.09 bits per heavy atom. The summed E-state index contributed by atoms with van der Waals surface area (Å²) < 4.78 is 5.95. The van der Waals surface area contributed by atoms with Gasteiger partial charge in [-0.3, -0.25) is 14.4 Å². The van der Waals surface area contributed by atoms with Gasteiger partial charge in [-0.05, 0) is 12.1 Å². The van der Waals surface area contributed by atoms with E-state index >= 15 is 0 Å². The first-order valence-corrected chi connectivity index (χ1v) is 7.09. The lowest BCUT2D eigenvalue weighted by molar-refractivity contribution is -0.144. The van der Waals surface area contributed by atoms with Crippen molar-refractivity contribution in [1.82, 2.24) is 10.2 Å². The van der Waals surface area contributed by atoms with Crippen molar-refractivity contribution in [3.8, 4) is 5.75 Å². The highest BCUT2D eigenvalue weighted by Crippen LogP contribution is 2.33. The summed E-state index contributed by atoms with van der Waals surface area (Å²) in [6, 6.07) is 6.93. The minimum absolute atomic E-state index is 0.135. The first-order chi connectivity index (χ1) is 10.5. The number of hydrogen-bond donors (Lipinski definition) is 2. The zero-order chi connectivity index (χ0) is 15.7. The predicted molar refractivity (Wildman–Crippen MR) is 75.3 cm³/mol. The van der Waals surface area contributed by atoms with E-state index in [0.29, 0.717) is 24.2 Å². The fourth-order valence-electron chi connectivity index (χ4n) is 2.84. The molecule has 2 amide bonds. The lowest BCUT2D eigenvalue weighted by atomic mass is 10.0. The van der Waals surface area contributed by atoms with E-state index in [2.05, 4.69) is 5.32 Å². The van der Waals surface area contributed by atoms with Crippen molar-refractivity contribution < 1.29 is 24.2 Å². The third-order valence-electron chi connectivity index (χ3n) is 3.99. The van der Waals surface area contributed by atoms with Crippen molar-refractivity contribution in [2.75, 3.05) is 13.1 Å². The van der Waals surface area contributed by atoms with Crippen LogP contribution < -0.4 is 10.1 Å². The largest absolute Gasteiger partial charge is 0.480 e. The maximum absolute atomic E-state index is 12.2. The van der Waals surface area contributed by atoms with E-state index in [1.54, 1.807) is 24.3 Å². The van der Waals surface area contributed by atoms with Gasteiger partial charge in [-0.15, -0.1) is 0 Å². The molecule has 3 rings (SSSR count). The lowest BCUT2D eigenvalue weighted by Gasteiger charge is -2.38. The summed E-state index contributed by atoms with van der Waals surface area (Å²) in [6.45, 7) is -0.104. The van der Waals surface area contributed by atoms with Crippen LogP contribution in [0.2, 0.25) is 0 Å². The second kappa shape index (κ2) is 5.32. The molecule has 1 aromatic rings. The molecule has 0 radical (unpaired) electrons. The van der Waals surface area contributed by atoms with Gasteiger partial charge in [0, 0.05) is 25.8 Å². The molecule has 22 heavy (non-hydrogen) atoms. The number of carbonyl (C=O) groups is 3. The number of rotatable bonds is 2. The summed E-state index contributed by atoms with van der Waals surface area (Å²) in [5.41, 5.74) is -0.486. The Balaban J connectivity index is 1.82. The summed E-state index contributed by atoms with van der Waals surface area (Å²) in [4.78, 5) is 36.3. The standard InChI is InChI=1S/C15H16N2O5/c18-12-5-6-15(7-8-17(12)9-13(19)20)16-14(21)10-3-1-2-4-11(10)22-15/h1-4H,5-9H2,(H,16,21)(H,19,20)/t15-/m0/s1. The summed E-state index contributed by atoms with van der Waals surface area (Å²) in [5, 5.41) is 11.7. The van der Waals surface area contributed by atoms with Crippen molar-refractivity contribution in [1.29, 1.82) is 0 Å². The van der Waals surface area contributed by atoms with Crippen LogP contribution >= 0.6 is 0 Å². The zero-order valence-electron chi connectivity index (χ0n) is 11.9. The Bertz CT molecular complexity index is 645. The molecule has 0 saturated carbocycles. The summed E-state index contributed by atoms with van der Waals surface area (Å²) in [7, 11) is 0. The topological polar surface area (TPSA) is 95.9 Å². The number of carboxylic acids is 1. The van der Waals surface area contributed by atoms with Gasteiger partial charge < -0.3 is 20.1 Å². The number of nitrogens with one attached hydrogen (secondary N) is 1. The monoisotopic (exact) mass is 304 g/mol. The molecule has 2 heterocycles. The quantitative estimate of drug-likeness (QED) is 0.834. The Morgan fingerprint density at radius 1 is 1.32 bits per heavy atom. The highest BCUT2D eigenvalue weighted by Gasteiger charge is 2.42. The molecule has 1 fully saturated rings. The van der Waals surface area contributed by atoms with E-state index < -0.39 is 11.7 Å². The molecule has 2 aliphatic heterocycles. The van der Waals surface area contributed by atoms with Crippen LogP contribution in [0.15, 0.2) is 24.3 Å². The van der Waals surface area contributed by atoms with Crippen molar-refractivity contribution in [3.63, 3.8) is 0 Å². The number of nitrogens with zero attached hydrogens (tertiary/aromatic N) is 1. The van der Waals surface area contributed by atoms with Crippen LogP contribution in [0.5, 0.6) is 5.75 Å². The van der Waals surface area contributed by atoms with Gasteiger partial charge in [-0.1, -0.05) is 12.1 Å². The number of likely N-dealkylation sites (tertiary alicyclic amines) is 1. The number of ether oxygens (including phenoxy) is 1. The van der Waals surface area contributed by atoms with Gasteiger partial charge >= 0.3 is 5.97 Å². The van der Waals surface area contributed by atoms with Crippen LogP contribution in [0.25, 0.3) is 0 Å². The average Bonchev–Trinajstić information content (AvgIpc) is 2.61. The number of amides is 2. The van der Waals surface area contributed by atoms with Gasteiger partial charge in [0.05, 0.1) is 5.56 Å². The molecule has 7 nitrogen and oxygen atoms in total. The second-order valence-electron chi connectivity index (χ2n) is 5.51. The van der Waals surface area contributed by atoms with E-state index in [1.807, 2.05) is 0 Å². The first-order valence-electron chi connectivity index (χ1n) is 7.09. The lowest BCUT2D eigenvalue weighted by Crippen LogP contribution is -2.56. The molecule has 1 aromatic carbocycles. The third kappa shape index (κ3) is 2.61. The maximum atomic E-state index is 12.2. The number of carbonyl (C=O) groups excluding carboxylic acids is 2. The molecule has 1 spiro atoms. The van der Waals surface area contributed by atoms with Crippen molar-refractivity contribution in [2.24, 2.45) is 0 Å². The number of benzene rings is 1. The second-order valence-corrected chi connectivity index (χ2v) is 5.51. The highest BCUT2D eigenvalue weighted by molar-refractivity contribution is 5.98. The van der Waals surface area contributed by atoms with Crippen molar-refractivity contribution in [2.45, 2.75) is 25.0 Å². The van der Waals surface area contributed by atoms with E-state index in [9.17, 15) is 14.4 Å². The molecule has 116 valence electrons. The van der Waals surface area contributed by atoms with Gasteiger partial charge in [0.25, 0.3) is 5.91 Å². The van der Waals surface area contributed by atoms with Crippen LogP contribution in [0.4, 0.5) is 0 Å². The molecular weight excluding hydrogens is 288 g/mol. The van der Waals surface area contributed by atoms with E-state index in [1.165, 1.54) is 4.90 Å². The van der Waals surface area contributed by atoms with Gasteiger partial charge in [-0.2, -0.15) is 0 Å². The minimum atomic E-state index is -1.05. The van der Waals surface area contributed by atoms with Crippen LogP contribution in [0.1, 0.15) is 29.6 Å². The summed E-state index contributed by atoms with van der Waals surface area (Å²) in [5.74, 6) is -1.04. The molecule has 7 heteroatoms. The smallest absolute Gasteiger partial charge is 0.323 e. The average molecular weight is 304 g/mol. The van der Waals surface area contributed by atoms with Crippen LogP contribution in [-0.2, 0) is 9.59 Å².